The topological polar surface area (TPSA) is 49.6 Å². The number of carbonyl (C=O) groups excluding carboxylic acids is 1. The van der Waals surface area contributed by atoms with Gasteiger partial charge in [-0.3, -0.25) is 9.69 Å². The highest BCUT2D eigenvalue weighted by molar-refractivity contribution is 5.96. The van der Waals surface area contributed by atoms with Crippen molar-refractivity contribution in [2.24, 2.45) is 5.73 Å². The molecule has 2 aliphatic heterocycles. The number of benzene rings is 1. The molecule has 0 aromatic heterocycles. The number of hydrogen-bond acceptors (Lipinski definition) is 3. The van der Waals surface area contributed by atoms with Crippen LogP contribution in [0.25, 0.3) is 0 Å². The predicted molar refractivity (Wildman–Crippen MR) is 85.5 cm³/mol. The Balaban J connectivity index is 1.69. The van der Waals surface area contributed by atoms with Gasteiger partial charge in [-0.2, -0.15) is 0 Å². The second kappa shape index (κ2) is 6.16. The summed E-state index contributed by atoms with van der Waals surface area (Å²) in [6.45, 7) is 5.38. The van der Waals surface area contributed by atoms with Crippen molar-refractivity contribution in [3.05, 3.63) is 29.3 Å². The molecule has 0 atom stereocenters. The molecule has 0 spiro atoms. The zero-order chi connectivity index (χ0) is 14.8. The molecular weight excluding hydrogens is 262 g/mol. The van der Waals surface area contributed by atoms with E-state index < -0.39 is 0 Å². The lowest BCUT2D eigenvalue weighted by atomic mass is 9.99. The second-order valence-electron chi connectivity index (χ2n) is 6.39. The quantitative estimate of drug-likeness (QED) is 0.900. The monoisotopic (exact) mass is 287 g/mol. The van der Waals surface area contributed by atoms with Gasteiger partial charge in [0.1, 0.15) is 0 Å². The largest absolute Gasteiger partial charge is 0.328 e. The van der Waals surface area contributed by atoms with Crippen molar-refractivity contribution in [3.63, 3.8) is 0 Å². The summed E-state index contributed by atoms with van der Waals surface area (Å²) >= 11 is 0. The smallest absolute Gasteiger partial charge is 0.241 e. The summed E-state index contributed by atoms with van der Waals surface area (Å²) in [5, 5.41) is 0. The summed E-state index contributed by atoms with van der Waals surface area (Å²) in [7, 11) is 0. The molecule has 1 aromatic carbocycles. The van der Waals surface area contributed by atoms with E-state index in [9.17, 15) is 4.79 Å². The van der Waals surface area contributed by atoms with Crippen molar-refractivity contribution in [2.45, 2.75) is 38.6 Å². The van der Waals surface area contributed by atoms with E-state index >= 15 is 0 Å². The van der Waals surface area contributed by atoms with Crippen LogP contribution in [-0.4, -0.2) is 43.0 Å². The van der Waals surface area contributed by atoms with Crippen LogP contribution in [0.2, 0.25) is 0 Å². The Bertz CT molecular complexity index is 521. The third-order valence-corrected chi connectivity index (χ3v) is 4.65. The molecule has 1 amide bonds. The molecule has 1 aromatic rings. The molecule has 2 aliphatic rings. The Morgan fingerprint density at radius 3 is 2.81 bits per heavy atom. The number of rotatable bonds is 2. The molecule has 1 fully saturated rings. The van der Waals surface area contributed by atoms with Gasteiger partial charge in [0.05, 0.1) is 6.54 Å². The average Bonchev–Trinajstić information content (AvgIpc) is 2.48. The summed E-state index contributed by atoms with van der Waals surface area (Å²) in [4.78, 5) is 16.9. The average molecular weight is 287 g/mol. The Kier molecular flexibility index (Phi) is 4.27. The highest BCUT2D eigenvalue weighted by atomic mass is 16.2. The number of nitrogens with zero attached hydrogens (tertiary/aromatic N) is 2. The second-order valence-corrected chi connectivity index (χ2v) is 6.39. The number of carbonyl (C=O) groups is 1. The van der Waals surface area contributed by atoms with E-state index in [1.807, 2.05) is 4.90 Å². The van der Waals surface area contributed by atoms with Gasteiger partial charge in [-0.25, -0.2) is 0 Å². The minimum atomic E-state index is 0.232. The van der Waals surface area contributed by atoms with Crippen molar-refractivity contribution in [1.82, 2.24) is 4.90 Å². The first kappa shape index (κ1) is 14.5. The zero-order valence-electron chi connectivity index (χ0n) is 12.8. The maximum atomic E-state index is 12.6. The molecule has 0 unspecified atom stereocenters. The van der Waals surface area contributed by atoms with Crippen molar-refractivity contribution in [2.75, 3.05) is 31.1 Å². The van der Waals surface area contributed by atoms with E-state index in [1.54, 1.807) is 0 Å². The van der Waals surface area contributed by atoms with Crippen LogP contribution in [0.15, 0.2) is 18.2 Å². The van der Waals surface area contributed by atoms with Gasteiger partial charge in [0, 0.05) is 31.4 Å². The van der Waals surface area contributed by atoms with E-state index in [-0.39, 0.29) is 5.91 Å². The first-order valence-electron chi connectivity index (χ1n) is 8.01. The van der Waals surface area contributed by atoms with E-state index in [1.165, 1.54) is 11.1 Å². The first-order chi connectivity index (χ1) is 10.1. The maximum absolute atomic E-state index is 12.6. The number of nitrogens with two attached hydrogens (primary N) is 1. The summed E-state index contributed by atoms with van der Waals surface area (Å²) in [5.41, 5.74) is 9.63. The van der Waals surface area contributed by atoms with Crippen LogP contribution in [-0.2, 0) is 11.2 Å². The fourth-order valence-electron chi connectivity index (χ4n) is 3.37. The highest BCUT2D eigenvalue weighted by Crippen LogP contribution is 2.28. The van der Waals surface area contributed by atoms with Crippen LogP contribution in [0.1, 0.15) is 30.4 Å². The van der Waals surface area contributed by atoms with Crippen LogP contribution >= 0.6 is 0 Å². The molecule has 0 bridgehead atoms. The summed E-state index contributed by atoms with van der Waals surface area (Å²) in [5.74, 6) is 0.232. The van der Waals surface area contributed by atoms with E-state index in [0.717, 1.165) is 51.0 Å². The Morgan fingerprint density at radius 1 is 1.29 bits per heavy atom. The van der Waals surface area contributed by atoms with Gasteiger partial charge in [0.15, 0.2) is 0 Å². The molecule has 0 aliphatic carbocycles. The molecule has 4 heteroatoms. The minimum Gasteiger partial charge on any atom is -0.328 e. The van der Waals surface area contributed by atoms with Crippen LogP contribution < -0.4 is 10.6 Å². The van der Waals surface area contributed by atoms with Crippen molar-refractivity contribution < 1.29 is 4.79 Å². The lowest BCUT2D eigenvalue weighted by Gasteiger charge is -2.34. The van der Waals surface area contributed by atoms with Crippen LogP contribution in [0.5, 0.6) is 0 Å². The normalized spacial score (nSPS) is 20.4. The van der Waals surface area contributed by atoms with Crippen LogP contribution in [0.4, 0.5) is 5.69 Å². The van der Waals surface area contributed by atoms with E-state index in [4.69, 9.17) is 5.73 Å². The lowest BCUT2D eigenvalue weighted by Crippen LogP contribution is -2.47. The van der Waals surface area contributed by atoms with Gasteiger partial charge < -0.3 is 10.6 Å². The van der Waals surface area contributed by atoms with Crippen molar-refractivity contribution >= 4 is 11.6 Å². The molecule has 114 valence electrons. The number of hydrogen-bond donors (Lipinski definition) is 1. The molecule has 3 rings (SSSR count). The molecule has 0 radical (unpaired) electrons. The molecule has 2 heterocycles. The predicted octanol–water partition coefficient (Wildman–Crippen LogP) is 1.70. The highest BCUT2D eigenvalue weighted by Gasteiger charge is 2.25. The summed E-state index contributed by atoms with van der Waals surface area (Å²) < 4.78 is 0. The minimum absolute atomic E-state index is 0.232. The number of anilines is 1. The maximum Gasteiger partial charge on any atom is 0.241 e. The number of likely N-dealkylation sites (tertiary alicyclic amines) is 1. The first-order valence-corrected chi connectivity index (χ1v) is 8.01. The molecule has 21 heavy (non-hydrogen) atoms. The van der Waals surface area contributed by atoms with Gasteiger partial charge in [0.2, 0.25) is 5.91 Å². The molecule has 1 saturated heterocycles. The Morgan fingerprint density at radius 2 is 2.05 bits per heavy atom. The third kappa shape index (κ3) is 3.27. The summed E-state index contributed by atoms with van der Waals surface area (Å²) in [6, 6.07) is 6.74. The molecular formula is C17H25N3O. The van der Waals surface area contributed by atoms with Gasteiger partial charge >= 0.3 is 0 Å². The Labute approximate surface area is 126 Å². The lowest BCUT2D eigenvalue weighted by molar-refractivity contribution is -0.120. The third-order valence-electron chi connectivity index (χ3n) is 4.65. The molecule has 4 nitrogen and oxygen atoms in total. The molecule has 2 N–H and O–H groups in total. The Hall–Kier alpha value is -1.39. The van der Waals surface area contributed by atoms with Gasteiger partial charge in [-0.15, -0.1) is 0 Å². The summed E-state index contributed by atoms with van der Waals surface area (Å²) in [6.07, 6.45) is 4.15. The van der Waals surface area contributed by atoms with Gasteiger partial charge in [-0.1, -0.05) is 17.7 Å². The van der Waals surface area contributed by atoms with Crippen molar-refractivity contribution in [3.8, 4) is 0 Å². The number of amides is 1. The number of piperidine rings is 1. The fraction of sp³-hybridized carbons (Fsp3) is 0.588. The van der Waals surface area contributed by atoms with Gasteiger partial charge in [-0.05, 0) is 44.2 Å². The fourth-order valence-corrected chi connectivity index (χ4v) is 3.37. The number of fused-ring (bicyclic) bond motifs is 1. The van der Waals surface area contributed by atoms with E-state index in [2.05, 4.69) is 30.0 Å². The van der Waals surface area contributed by atoms with Crippen molar-refractivity contribution in [1.29, 1.82) is 0 Å². The van der Waals surface area contributed by atoms with Gasteiger partial charge in [0.25, 0.3) is 0 Å². The van der Waals surface area contributed by atoms with E-state index in [0.29, 0.717) is 12.6 Å². The van der Waals surface area contributed by atoms with Crippen LogP contribution in [0.3, 0.4) is 0 Å². The van der Waals surface area contributed by atoms with Crippen LogP contribution in [0, 0.1) is 6.92 Å². The number of aryl methyl sites for hydroxylation is 2. The molecule has 0 saturated carbocycles. The SMILES string of the molecule is Cc1ccc2c(c1)CCCN2C(=O)CN1CCC(N)CC1. The zero-order valence-corrected chi connectivity index (χ0v) is 12.8. The standard InChI is InChI=1S/C17H25N3O/c1-13-4-5-16-14(11-13)3-2-8-20(16)17(21)12-19-9-6-15(18)7-10-19/h4-5,11,15H,2-3,6-10,12,18H2,1H3.